The molecule has 9 heteroatoms. The number of piperidine rings is 1. The summed E-state index contributed by atoms with van der Waals surface area (Å²) in [4.78, 5) is 18.3. The van der Waals surface area contributed by atoms with Gasteiger partial charge in [-0.3, -0.25) is 9.69 Å². The monoisotopic (exact) mass is 394 g/mol. The van der Waals surface area contributed by atoms with E-state index in [9.17, 15) is 13.2 Å². The number of nitrogens with two attached hydrogens (primary N) is 1. The van der Waals surface area contributed by atoms with Gasteiger partial charge in [-0.2, -0.15) is 4.31 Å². The lowest BCUT2D eigenvalue weighted by atomic mass is 9.78. The highest BCUT2D eigenvalue weighted by molar-refractivity contribution is 7.89. The Kier molecular flexibility index (Phi) is 5.18. The first kappa shape index (κ1) is 19.6. The first-order valence-corrected chi connectivity index (χ1v) is 10.4. The van der Waals surface area contributed by atoms with Crippen LogP contribution in [-0.2, 0) is 14.8 Å². The van der Waals surface area contributed by atoms with E-state index in [0.29, 0.717) is 25.3 Å². The van der Waals surface area contributed by atoms with Crippen molar-refractivity contribution in [3.8, 4) is 5.75 Å². The maximum atomic E-state index is 13.1. The Hall–Kier alpha value is -2.13. The fraction of sp³-hybridized carbons (Fsp3) is 0.556. The van der Waals surface area contributed by atoms with Gasteiger partial charge in [0.15, 0.2) is 5.96 Å². The topological polar surface area (TPSA) is 105 Å². The van der Waals surface area contributed by atoms with E-state index in [1.165, 1.54) is 22.4 Å². The minimum Gasteiger partial charge on any atom is -0.497 e. The third-order valence-corrected chi connectivity index (χ3v) is 7.40. The number of carbonyl (C=O) groups excluding carboxylic acids is 1. The quantitative estimate of drug-likeness (QED) is 0.821. The number of sulfonamides is 1. The molecule has 2 aliphatic rings. The molecule has 1 aromatic carbocycles. The Labute approximate surface area is 160 Å². The van der Waals surface area contributed by atoms with Crippen LogP contribution in [0, 0.1) is 5.92 Å². The summed E-state index contributed by atoms with van der Waals surface area (Å²) in [6.45, 7) is 2.64. The van der Waals surface area contributed by atoms with Crippen molar-refractivity contribution in [2.24, 2.45) is 16.6 Å². The van der Waals surface area contributed by atoms with Crippen LogP contribution in [0.5, 0.6) is 5.75 Å². The molecule has 0 aromatic heterocycles. The molecule has 0 spiro atoms. The van der Waals surface area contributed by atoms with E-state index >= 15 is 0 Å². The first-order chi connectivity index (χ1) is 12.7. The van der Waals surface area contributed by atoms with Crippen molar-refractivity contribution in [2.45, 2.75) is 36.6 Å². The van der Waals surface area contributed by atoms with Crippen LogP contribution in [0.3, 0.4) is 0 Å². The highest BCUT2D eigenvalue weighted by Gasteiger charge is 2.44. The first-order valence-electron chi connectivity index (χ1n) is 8.93. The van der Waals surface area contributed by atoms with Crippen LogP contribution in [0.25, 0.3) is 0 Å². The molecule has 2 atom stereocenters. The highest BCUT2D eigenvalue weighted by atomic mass is 32.2. The Bertz CT molecular complexity index is 870. The predicted octanol–water partition coefficient (Wildman–Crippen LogP) is 1.03. The number of rotatable bonds is 4. The number of ether oxygens (including phenoxy) is 1. The number of hydrogen-bond acceptors (Lipinski definition) is 6. The smallest absolute Gasteiger partial charge is 0.243 e. The molecule has 1 amide bonds. The number of guanidine groups is 1. The molecule has 148 valence electrons. The van der Waals surface area contributed by atoms with Crippen molar-refractivity contribution in [3.63, 3.8) is 0 Å². The molecule has 1 unspecified atom stereocenters. The van der Waals surface area contributed by atoms with Crippen molar-refractivity contribution in [3.05, 3.63) is 24.3 Å². The summed E-state index contributed by atoms with van der Waals surface area (Å²) in [6.07, 6.45) is 1.74. The van der Waals surface area contributed by atoms with Gasteiger partial charge in [0.1, 0.15) is 5.75 Å². The van der Waals surface area contributed by atoms with Gasteiger partial charge in [0.2, 0.25) is 15.9 Å². The molecule has 1 saturated heterocycles. The second-order valence-electron chi connectivity index (χ2n) is 7.34. The molecule has 0 saturated carbocycles. The molecule has 0 radical (unpaired) electrons. The van der Waals surface area contributed by atoms with Gasteiger partial charge in [-0.15, -0.1) is 0 Å². The molecule has 8 nitrogen and oxygen atoms in total. The van der Waals surface area contributed by atoms with Gasteiger partial charge in [0.25, 0.3) is 0 Å². The number of carbonyl (C=O) groups is 1. The molecule has 2 heterocycles. The van der Waals surface area contributed by atoms with Gasteiger partial charge in [0, 0.05) is 26.2 Å². The van der Waals surface area contributed by atoms with Crippen molar-refractivity contribution in [2.75, 3.05) is 27.2 Å². The fourth-order valence-electron chi connectivity index (χ4n) is 3.74. The van der Waals surface area contributed by atoms with Crippen LogP contribution in [-0.4, -0.2) is 62.3 Å². The summed E-state index contributed by atoms with van der Waals surface area (Å²) in [6, 6.07) is 6.46. The van der Waals surface area contributed by atoms with E-state index in [1.54, 1.807) is 25.2 Å². The number of hydrogen-bond donors (Lipinski definition) is 1. The minimum absolute atomic E-state index is 0.0807. The fourth-order valence-corrected chi connectivity index (χ4v) is 5.30. The molecular weight excluding hydrogens is 368 g/mol. The van der Waals surface area contributed by atoms with E-state index in [2.05, 4.69) is 4.99 Å². The van der Waals surface area contributed by atoms with Crippen molar-refractivity contribution < 1.29 is 17.9 Å². The molecule has 27 heavy (non-hydrogen) atoms. The average molecular weight is 394 g/mol. The van der Waals surface area contributed by atoms with Gasteiger partial charge < -0.3 is 10.5 Å². The Balaban J connectivity index is 1.86. The van der Waals surface area contributed by atoms with Gasteiger partial charge in [0.05, 0.1) is 24.0 Å². The zero-order valence-electron chi connectivity index (χ0n) is 15.9. The third kappa shape index (κ3) is 3.66. The summed E-state index contributed by atoms with van der Waals surface area (Å²) >= 11 is 0. The average Bonchev–Trinajstić information content (AvgIpc) is 2.66. The zero-order valence-corrected chi connectivity index (χ0v) is 16.7. The highest BCUT2D eigenvalue weighted by Crippen LogP contribution is 2.37. The van der Waals surface area contributed by atoms with Gasteiger partial charge >= 0.3 is 0 Å². The number of aliphatic imine (C=N–C) groups is 1. The van der Waals surface area contributed by atoms with E-state index in [0.717, 1.165) is 6.42 Å². The Morgan fingerprint density at radius 3 is 2.78 bits per heavy atom. The lowest BCUT2D eigenvalue weighted by Gasteiger charge is -2.43. The van der Waals surface area contributed by atoms with E-state index in [-0.39, 0.29) is 29.1 Å². The zero-order chi connectivity index (χ0) is 19.8. The largest absolute Gasteiger partial charge is 0.497 e. The van der Waals surface area contributed by atoms with Crippen molar-refractivity contribution >= 4 is 21.9 Å². The van der Waals surface area contributed by atoms with Crippen LogP contribution in [0.1, 0.15) is 26.2 Å². The SMILES string of the molecule is COc1cccc(S(=O)(=O)N2CCCC([C@]3(C)CC(=O)N(C)C(N)=N3)C2)c1. The summed E-state index contributed by atoms with van der Waals surface area (Å²) in [5, 5.41) is 0. The molecular formula is C18H26N4O4S. The molecule has 0 aliphatic carbocycles. The molecule has 1 fully saturated rings. The Morgan fingerprint density at radius 2 is 2.11 bits per heavy atom. The van der Waals surface area contributed by atoms with Crippen molar-refractivity contribution in [1.29, 1.82) is 0 Å². The number of benzene rings is 1. The standard InChI is InChI=1S/C18H26N4O4S/c1-18(11-16(23)21(2)17(19)20-18)13-6-5-9-22(12-13)27(24,25)15-8-4-7-14(10-15)26-3/h4,7-8,10,13H,5-6,9,11-12H2,1-3H3,(H2,19,20)/t13?,18-/m0/s1. The summed E-state index contributed by atoms with van der Waals surface area (Å²) in [7, 11) is -0.551. The van der Waals surface area contributed by atoms with Crippen LogP contribution >= 0.6 is 0 Å². The molecule has 2 N–H and O–H groups in total. The van der Waals surface area contributed by atoms with Crippen molar-refractivity contribution in [1.82, 2.24) is 9.21 Å². The normalized spacial score (nSPS) is 27.4. The van der Waals surface area contributed by atoms with Crippen LogP contribution in [0.4, 0.5) is 0 Å². The van der Waals surface area contributed by atoms with Gasteiger partial charge in [-0.05, 0) is 37.8 Å². The molecule has 2 aliphatic heterocycles. The van der Waals surface area contributed by atoms with Gasteiger partial charge in [-0.25, -0.2) is 13.4 Å². The Morgan fingerprint density at radius 1 is 1.37 bits per heavy atom. The predicted molar refractivity (Wildman–Crippen MR) is 102 cm³/mol. The van der Waals surface area contributed by atoms with E-state index in [1.807, 2.05) is 6.92 Å². The van der Waals surface area contributed by atoms with Crippen LogP contribution in [0.15, 0.2) is 34.2 Å². The van der Waals surface area contributed by atoms with Crippen LogP contribution in [0.2, 0.25) is 0 Å². The van der Waals surface area contributed by atoms with E-state index in [4.69, 9.17) is 10.5 Å². The molecule has 3 rings (SSSR count). The van der Waals surface area contributed by atoms with Gasteiger partial charge in [-0.1, -0.05) is 6.07 Å². The lowest BCUT2D eigenvalue weighted by Crippen LogP contribution is -2.54. The number of methoxy groups -OCH3 is 1. The lowest BCUT2D eigenvalue weighted by molar-refractivity contribution is -0.129. The molecule has 0 bridgehead atoms. The van der Waals surface area contributed by atoms with E-state index < -0.39 is 15.6 Å². The summed E-state index contributed by atoms with van der Waals surface area (Å²) in [5.74, 6) is 0.497. The second-order valence-corrected chi connectivity index (χ2v) is 9.28. The maximum Gasteiger partial charge on any atom is 0.243 e. The maximum absolute atomic E-state index is 13.1. The number of nitrogens with zero attached hydrogens (tertiary/aromatic N) is 3. The number of amides is 1. The summed E-state index contributed by atoms with van der Waals surface area (Å²) in [5.41, 5.74) is 5.21. The second kappa shape index (κ2) is 7.12. The minimum atomic E-state index is -3.65. The molecule has 1 aromatic rings. The third-order valence-electron chi connectivity index (χ3n) is 5.54. The summed E-state index contributed by atoms with van der Waals surface area (Å²) < 4.78 is 32.8. The van der Waals surface area contributed by atoms with Crippen LogP contribution < -0.4 is 10.5 Å².